The lowest BCUT2D eigenvalue weighted by atomic mass is 9.97. The first-order valence-corrected chi connectivity index (χ1v) is 7.17. The lowest BCUT2D eigenvalue weighted by Crippen LogP contribution is -2.69. The molecule has 9 atom stereocenters. The molecule has 2 saturated heterocycles. The largest absolute Gasteiger partial charge is 0.394 e. The maximum absolute atomic E-state index is 10.3. The molecule has 0 bridgehead atoms. The Labute approximate surface area is 135 Å². The predicted molar refractivity (Wildman–Crippen MR) is 69.8 cm³/mol. The zero-order chi connectivity index (χ0) is 18.3. The van der Waals surface area contributed by atoms with Gasteiger partial charge in [-0.05, 0) is 0 Å². The third-order valence-electron chi connectivity index (χ3n) is 4.15. The smallest absolute Gasteiger partial charge is 0.313 e. The molecule has 0 aliphatic carbocycles. The Kier molecular flexibility index (Phi) is 5.81. The molecule has 2 heterocycles. The van der Waals surface area contributed by atoms with E-state index in [-0.39, 0.29) is 0 Å². The van der Waals surface area contributed by atoms with E-state index < -0.39 is 74.3 Å². The van der Waals surface area contributed by atoms with E-state index in [4.69, 9.17) is 24.4 Å². The summed E-state index contributed by atoms with van der Waals surface area (Å²) in [5.41, 5.74) is 0. The molecule has 0 aromatic carbocycles. The zero-order valence-corrected chi connectivity index (χ0v) is 12.4. The van der Waals surface area contributed by atoms with Crippen molar-refractivity contribution in [3.05, 3.63) is 0 Å². The molecule has 0 spiro atoms. The van der Waals surface area contributed by atoms with Gasteiger partial charge in [-0.1, -0.05) is 0 Å². The summed E-state index contributed by atoms with van der Waals surface area (Å²) in [6.07, 6.45) is -12.6. The van der Waals surface area contributed by atoms with Crippen molar-refractivity contribution in [2.45, 2.75) is 54.5 Å². The summed E-state index contributed by atoms with van der Waals surface area (Å²) >= 11 is 0. The molecule has 0 aromatic heterocycles. The van der Waals surface area contributed by atoms with Crippen LogP contribution in [-0.2, 0) is 14.2 Å². The molecule has 0 aromatic rings. The number of aliphatic hydroxyl groups is 9. The van der Waals surface area contributed by atoms with Gasteiger partial charge in [0.1, 0.15) is 43.2 Å². The van der Waals surface area contributed by atoms with Crippen LogP contribution in [0.2, 0.25) is 0 Å². The van der Waals surface area contributed by atoms with Gasteiger partial charge in [-0.25, -0.2) is 0 Å². The van der Waals surface area contributed by atoms with Crippen LogP contribution < -0.4 is 0 Å². The molecule has 12 heteroatoms. The van der Waals surface area contributed by atoms with E-state index in [0.29, 0.717) is 0 Å². The fourth-order valence-electron chi connectivity index (χ4n) is 2.71. The molecule has 12 nitrogen and oxygen atoms in total. The summed E-state index contributed by atoms with van der Waals surface area (Å²) in [6.45, 7) is -2.76. The Morgan fingerprint density at radius 3 is 1.75 bits per heavy atom. The molecule has 2 fully saturated rings. The molecule has 0 saturated carbocycles. The van der Waals surface area contributed by atoms with Crippen LogP contribution in [0.25, 0.3) is 0 Å². The first kappa shape index (κ1) is 19.8. The Morgan fingerprint density at radius 1 is 0.750 bits per heavy atom. The van der Waals surface area contributed by atoms with Crippen LogP contribution in [0.3, 0.4) is 0 Å². The van der Waals surface area contributed by atoms with E-state index in [9.17, 15) is 35.7 Å². The molecule has 142 valence electrons. The summed E-state index contributed by atoms with van der Waals surface area (Å²) in [6, 6.07) is 0. The number of hydrogen-bond donors (Lipinski definition) is 9. The predicted octanol–water partition coefficient (Wildman–Crippen LogP) is -6.08. The van der Waals surface area contributed by atoms with Crippen molar-refractivity contribution in [2.24, 2.45) is 0 Å². The molecular weight excluding hydrogens is 336 g/mol. The number of ether oxygens (including phenoxy) is 3. The summed E-state index contributed by atoms with van der Waals surface area (Å²) in [4.78, 5) is 0. The first-order valence-electron chi connectivity index (χ1n) is 7.17. The van der Waals surface area contributed by atoms with Gasteiger partial charge in [0, 0.05) is 0 Å². The molecule has 24 heavy (non-hydrogen) atoms. The van der Waals surface area contributed by atoms with Gasteiger partial charge >= 0.3 is 5.97 Å². The van der Waals surface area contributed by atoms with Gasteiger partial charge in [-0.3, -0.25) is 4.74 Å². The van der Waals surface area contributed by atoms with Crippen molar-refractivity contribution < 1.29 is 60.2 Å². The Morgan fingerprint density at radius 2 is 1.29 bits per heavy atom. The van der Waals surface area contributed by atoms with Gasteiger partial charge in [0.2, 0.25) is 5.79 Å². The maximum Gasteiger partial charge on any atom is 0.313 e. The van der Waals surface area contributed by atoms with Gasteiger partial charge in [0.05, 0.1) is 13.2 Å². The van der Waals surface area contributed by atoms with E-state index in [1.807, 2.05) is 0 Å². The molecular formula is C12H22O12. The monoisotopic (exact) mass is 358 g/mol. The van der Waals surface area contributed by atoms with E-state index in [1.54, 1.807) is 0 Å². The summed E-state index contributed by atoms with van der Waals surface area (Å²) in [5, 5.41) is 87.0. The third-order valence-corrected chi connectivity index (χ3v) is 4.15. The number of aliphatic hydroxyl groups excluding tert-OH is 8. The minimum absolute atomic E-state index is 0.758. The second kappa shape index (κ2) is 7.03. The second-order valence-corrected chi connectivity index (χ2v) is 5.74. The highest BCUT2D eigenvalue weighted by Gasteiger charge is 2.63. The summed E-state index contributed by atoms with van der Waals surface area (Å²) < 4.78 is 14.8. The lowest BCUT2D eigenvalue weighted by Gasteiger charge is -2.47. The van der Waals surface area contributed by atoms with Crippen molar-refractivity contribution in [1.29, 1.82) is 0 Å². The topological polar surface area (TPSA) is 210 Å². The van der Waals surface area contributed by atoms with Crippen molar-refractivity contribution in [2.75, 3.05) is 19.8 Å². The molecule has 2 aliphatic rings. The van der Waals surface area contributed by atoms with Crippen LogP contribution in [0.4, 0.5) is 0 Å². The highest BCUT2D eigenvalue weighted by Crippen LogP contribution is 2.39. The van der Waals surface area contributed by atoms with E-state index in [1.165, 1.54) is 0 Å². The zero-order valence-electron chi connectivity index (χ0n) is 12.4. The fourth-order valence-corrected chi connectivity index (χ4v) is 2.71. The highest BCUT2D eigenvalue weighted by molar-refractivity contribution is 4.99. The number of rotatable bonds is 5. The number of hydrogen-bond acceptors (Lipinski definition) is 12. The molecule has 9 N–H and O–H groups in total. The fraction of sp³-hybridized carbons (Fsp3) is 1.00. The van der Waals surface area contributed by atoms with Crippen LogP contribution in [-0.4, -0.2) is 120 Å². The Balaban J connectivity index is 2.29. The van der Waals surface area contributed by atoms with Crippen LogP contribution in [0.5, 0.6) is 0 Å². The normalized spacial score (nSPS) is 52.6. The Bertz CT molecular complexity index is 434. The molecule has 0 amide bonds. The third kappa shape index (κ3) is 3.05. The SMILES string of the molecule is OCC1OC(O)(OC2(CO)OC(CO)C(O)C2O)C(O)C(O)C1O. The van der Waals surface area contributed by atoms with Crippen molar-refractivity contribution in [3.63, 3.8) is 0 Å². The van der Waals surface area contributed by atoms with Gasteiger partial charge < -0.3 is 55.4 Å². The highest BCUT2D eigenvalue weighted by atomic mass is 16.9. The maximum atomic E-state index is 10.3. The van der Waals surface area contributed by atoms with Gasteiger partial charge in [-0.15, -0.1) is 0 Å². The molecule has 9 unspecified atom stereocenters. The van der Waals surface area contributed by atoms with E-state index in [2.05, 4.69) is 0 Å². The van der Waals surface area contributed by atoms with Crippen LogP contribution in [0.15, 0.2) is 0 Å². The lowest BCUT2D eigenvalue weighted by molar-refractivity contribution is -0.500. The van der Waals surface area contributed by atoms with Gasteiger partial charge in [0.15, 0.2) is 6.10 Å². The van der Waals surface area contributed by atoms with Crippen LogP contribution in [0.1, 0.15) is 0 Å². The van der Waals surface area contributed by atoms with Crippen LogP contribution >= 0.6 is 0 Å². The quantitative estimate of drug-likeness (QED) is 0.210. The average Bonchev–Trinajstić information content (AvgIpc) is 2.81. The average molecular weight is 358 g/mol. The van der Waals surface area contributed by atoms with E-state index >= 15 is 0 Å². The Hall–Kier alpha value is -0.480. The molecule has 2 aliphatic heterocycles. The first-order chi connectivity index (χ1) is 11.2. The second-order valence-electron chi connectivity index (χ2n) is 5.74. The molecule has 0 radical (unpaired) electrons. The minimum Gasteiger partial charge on any atom is -0.394 e. The standard InChI is InChI=1S/C12H22O12/c13-1-4-6(16)8(18)10(20)12(21,23-4)24-11(3-15)9(19)7(17)5(2-14)22-11/h4-10,13-21H,1-3H2. The van der Waals surface area contributed by atoms with Gasteiger partial charge in [-0.2, -0.15) is 0 Å². The van der Waals surface area contributed by atoms with E-state index in [0.717, 1.165) is 0 Å². The van der Waals surface area contributed by atoms with Crippen molar-refractivity contribution in [1.82, 2.24) is 0 Å². The van der Waals surface area contributed by atoms with Crippen LogP contribution in [0, 0.1) is 0 Å². The minimum atomic E-state index is -3.11. The summed E-state index contributed by atoms with van der Waals surface area (Å²) in [5.74, 6) is -5.62. The van der Waals surface area contributed by atoms with Crippen molar-refractivity contribution in [3.8, 4) is 0 Å². The summed E-state index contributed by atoms with van der Waals surface area (Å²) in [7, 11) is 0. The molecule has 2 rings (SSSR count). The van der Waals surface area contributed by atoms with Gasteiger partial charge in [0.25, 0.3) is 0 Å². The van der Waals surface area contributed by atoms with Crippen molar-refractivity contribution >= 4 is 0 Å².